The maximum atomic E-state index is 13.4. The molecule has 0 bridgehead atoms. The predicted molar refractivity (Wildman–Crippen MR) is 74.6 cm³/mol. The van der Waals surface area contributed by atoms with Crippen molar-refractivity contribution in [1.29, 1.82) is 0 Å². The molecule has 0 aliphatic carbocycles. The van der Waals surface area contributed by atoms with Gasteiger partial charge in [-0.15, -0.1) is 0 Å². The van der Waals surface area contributed by atoms with E-state index in [0.29, 0.717) is 0 Å². The van der Waals surface area contributed by atoms with Gasteiger partial charge in [0.05, 0.1) is 11.1 Å². The number of hydrogen-bond donors (Lipinski definition) is 1. The third-order valence-corrected chi connectivity index (χ3v) is 3.37. The van der Waals surface area contributed by atoms with Gasteiger partial charge in [-0.1, -0.05) is 30.3 Å². The summed E-state index contributed by atoms with van der Waals surface area (Å²) in [6, 6.07) is 7.62. The molecule has 0 fully saturated rings. The average Bonchev–Trinajstić information content (AvgIpc) is 2.45. The summed E-state index contributed by atoms with van der Waals surface area (Å²) in [7, 11) is 0. The molecule has 2 aromatic carbocycles. The number of nitrogens with two attached hydrogens (primary N) is 1. The number of halogens is 6. The lowest BCUT2D eigenvalue weighted by Crippen LogP contribution is -2.14. The van der Waals surface area contributed by atoms with E-state index in [1.165, 1.54) is 18.2 Å². The van der Waals surface area contributed by atoms with Gasteiger partial charge >= 0.3 is 12.4 Å². The van der Waals surface area contributed by atoms with Gasteiger partial charge < -0.3 is 5.73 Å². The molecule has 23 heavy (non-hydrogen) atoms. The molecule has 1 nitrogen and oxygen atoms in total. The zero-order valence-corrected chi connectivity index (χ0v) is 11.8. The molecule has 2 rings (SSSR count). The molecule has 0 atom stereocenters. The van der Waals surface area contributed by atoms with Gasteiger partial charge in [-0.05, 0) is 41.8 Å². The van der Waals surface area contributed by atoms with Gasteiger partial charge in [0.15, 0.2) is 0 Å². The van der Waals surface area contributed by atoms with Crippen molar-refractivity contribution < 1.29 is 26.3 Å². The molecule has 0 unspecified atom stereocenters. The second kappa shape index (κ2) is 6.23. The first-order chi connectivity index (χ1) is 10.6. The molecule has 2 aromatic rings. The summed E-state index contributed by atoms with van der Waals surface area (Å²) >= 11 is 0. The van der Waals surface area contributed by atoms with E-state index in [2.05, 4.69) is 0 Å². The summed E-state index contributed by atoms with van der Waals surface area (Å²) in [4.78, 5) is 0. The molecule has 0 aliphatic heterocycles. The maximum absolute atomic E-state index is 13.4. The Hall–Kier alpha value is -2.02. The third-order valence-electron chi connectivity index (χ3n) is 3.37. The first-order valence-electron chi connectivity index (χ1n) is 6.71. The Morgan fingerprint density at radius 3 is 1.87 bits per heavy atom. The number of alkyl halides is 6. The molecule has 0 aliphatic rings. The van der Waals surface area contributed by atoms with Gasteiger partial charge in [-0.3, -0.25) is 0 Å². The first kappa shape index (κ1) is 17.3. The van der Waals surface area contributed by atoms with Crippen LogP contribution in [0.15, 0.2) is 42.5 Å². The zero-order valence-electron chi connectivity index (χ0n) is 11.8. The highest BCUT2D eigenvalue weighted by Gasteiger charge is 2.36. The molecule has 2 N–H and O–H groups in total. The summed E-state index contributed by atoms with van der Waals surface area (Å²) in [6.07, 6.45) is -9.13. The number of hydrogen-bond acceptors (Lipinski definition) is 1. The first-order valence-corrected chi connectivity index (χ1v) is 6.71. The predicted octanol–water partition coefficient (Wildman–Crippen LogP) is 4.89. The third kappa shape index (κ3) is 3.85. The molecule has 7 heteroatoms. The summed E-state index contributed by atoms with van der Waals surface area (Å²) in [5, 5.41) is 0. The molecule has 0 spiro atoms. The quantitative estimate of drug-likeness (QED) is 0.795. The van der Waals surface area contributed by atoms with Crippen molar-refractivity contribution in [3.05, 3.63) is 59.2 Å². The highest BCUT2D eigenvalue weighted by Crippen LogP contribution is 2.40. The van der Waals surface area contributed by atoms with Crippen LogP contribution in [-0.2, 0) is 18.8 Å². The van der Waals surface area contributed by atoms with Crippen LogP contribution >= 0.6 is 0 Å². The largest absolute Gasteiger partial charge is 0.417 e. The normalized spacial score (nSPS) is 12.5. The minimum Gasteiger partial charge on any atom is -0.330 e. The lowest BCUT2D eigenvalue weighted by molar-refractivity contribution is -0.138. The minimum atomic E-state index is -4.62. The highest BCUT2D eigenvalue weighted by molar-refractivity contribution is 5.70. The fourth-order valence-electron chi connectivity index (χ4n) is 2.38. The van der Waals surface area contributed by atoms with Crippen molar-refractivity contribution in [2.45, 2.75) is 18.8 Å². The van der Waals surface area contributed by atoms with E-state index in [-0.39, 0.29) is 29.7 Å². The van der Waals surface area contributed by atoms with Gasteiger partial charge in [-0.2, -0.15) is 26.3 Å². The van der Waals surface area contributed by atoms with Crippen LogP contribution in [0.4, 0.5) is 26.3 Å². The Bertz CT molecular complexity index is 670. The Balaban J connectivity index is 2.57. The molecule has 0 aromatic heterocycles. The second-order valence-corrected chi connectivity index (χ2v) is 4.95. The van der Waals surface area contributed by atoms with E-state index in [1.807, 2.05) is 0 Å². The van der Waals surface area contributed by atoms with E-state index in [1.54, 1.807) is 0 Å². The van der Waals surface area contributed by atoms with Gasteiger partial charge in [0, 0.05) is 0 Å². The zero-order chi connectivity index (χ0) is 17.3. The van der Waals surface area contributed by atoms with Gasteiger partial charge in [0.1, 0.15) is 0 Å². The van der Waals surface area contributed by atoms with Crippen LogP contribution < -0.4 is 5.73 Å². The van der Waals surface area contributed by atoms with Gasteiger partial charge in [0.25, 0.3) is 0 Å². The second-order valence-electron chi connectivity index (χ2n) is 4.95. The van der Waals surface area contributed by atoms with E-state index in [9.17, 15) is 26.3 Å². The fourth-order valence-corrected chi connectivity index (χ4v) is 2.38. The SMILES string of the molecule is NCCc1cccc(-c2ccc(C(F)(F)F)cc2)c1C(F)(F)F. The van der Waals surface area contributed by atoms with Crippen molar-refractivity contribution in [1.82, 2.24) is 0 Å². The average molecular weight is 333 g/mol. The Labute approximate surface area is 128 Å². The monoisotopic (exact) mass is 333 g/mol. The molecular formula is C16H13F6N. The number of rotatable bonds is 3. The van der Waals surface area contributed by atoms with Crippen LogP contribution in [0.3, 0.4) is 0 Å². The summed E-state index contributed by atoms with van der Waals surface area (Å²) in [5.74, 6) is 0. The van der Waals surface area contributed by atoms with Crippen LogP contribution in [0.2, 0.25) is 0 Å². The van der Waals surface area contributed by atoms with Crippen molar-refractivity contribution in [3.8, 4) is 11.1 Å². The smallest absolute Gasteiger partial charge is 0.330 e. The van der Waals surface area contributed by atoms with Crippen LogP contribution in [0, 0.1) is 0 Å². The van der Waals surface area contributed by atoms with Crippen molar-refractivity contribution in [2.75, 3.05) is 6.54 Å². The fraction of sp³-hybridized carbons (Fsp3) is 0.250. The van der Waals surface area contributed by atoms with Crippen LogP contribution in [0.5, 0.6) is 0 Å². The minimum absolute atomic E-state index is 0.0254. The van der Waals surface area contributed by atoms with E-state index >= 15 is 0 Å². The van der Waals surface area contributed by atoms with Crippen LogP contribution in [-0.4, -0.2) is 6.54 Å². The molecule has 0 heterocycles. The van der Waals surface area contributed by atoms with Crippen molar-refractivity contribution in [2.24, 2.45) is 5.73 Å². The van der Waals surface area contributed by atoms with Crippen molar-refractivity contribution >= 4 is 0 Å². The summed E-state index contributed by atoms with van der Waals surface area (Å²) < 4.78 is 77.8. The lowest BCUT2D eigenvalue weighted by atomic mass is 9.93. The topological polar surface area (TPSA) is 26.0 Å². The maximum Gasteiger partial charge on any atom is 0.417 e. The van der Waals surface area contributed by atoms with Crippen LogP contribution in [0.25, 0.3) is 11.1 Å². The van der Waals surface area contributed by atoms with Gasteiger partial charge in [0.2, 0.25) is 0 Å². The van der Waals surface area contributed by atoms with E-state index in [4.69, 9.17) is 5.73 Å². The molecular weight excluding hydrogens is 320 g/mol. The molecule has 0 saturated heterocycles. The Morgan fingerprint density at radius 1 is 0.783 bits per heavy atom. The number of benzene rings is 2. The Kier molecular flexibility index (Phi) is 4.70. The van der Waals surface area contributed by atoms with E-state index in [0.717, 1.165) is 24.3 Å². The van der Waals surface area contributed by atoms with E-state index < -0.39 is 23.5 Å². The summed E-state index contributed by atoms with van der Waals surface area (Å²) in [6.45, 7) is 0.0412. The van der Waals surface area contributed by atoms with Crippen molar-refractivity contribution in [3.63, 3.8) is 0 Å². The van der Waals surface area contributed by atoms with Gasteiger partial charge in [-0.25, -0.2) is 0 Å². The molecule has 0 saturated carbocycles. The Morgan fingerprint density at radius 2 is 1.39 bits per heavy atom. The lowest BCUT2D eigenvalue weighted by Gasteiger charge is -2.18. The summed E-state index contributed by atoms with van der Waals surface area (Å²) in [5.41, 5.74) is 3.51. The molecule has 0 radical (unpaired) electrons. The standard InChI is InChI=1S/C16H13F6N/c17-15(18,19)12-6-4-10(5-7-12)13-3-1-2-11(8-9-23)14(13)16(20,21)22/h1-7H,8-9,23H2. The van der Waals surface area contributed by atoms with Crippen LogP contribution in [0.1, 0.15) is 16.7 Å². The molecule has 124 valence electrons. The molecule has 0 amide bonds. The highest BCUT2D eigenvalue weighted by atomic mass is 19.4.